The first-order chi connectivity index (χ1) is 7.65. The molecule has 16 heavy (non-hydrogen) atoms. The number of hydrogen-bond donors (Lipinski definition) is 2. The highest BCUT2D eigenvalue weighted by Crippen LogP contribution is 2.10. The Bertz CT molecular complexity index is 336. The lowest BCUT2D eigenvalue weighted by molar-refractivity contribution is 0.378. The first-order valence-electron chi connectivity index (χ1n) is 4.99. The molecule has 6 nitrogen and oxygen atoms in total. The molecule has 0 spiro atoms. The minimum Gasteiger partial charge on any atom is -0.467 e. The lowest BCUT2D eigenvalue weighted by atomic mass is 10.2. The van der Waals surface area contributed by atoms with Gasteiger partial charge in [0.25, 0.3) is 0 Å². The van der Waals surface area contributed by atoms with Crippen molar-refractivity contribution in [3.05, 3.63) is 5.28 Å². The van der Waals surface area contributed by atoms with Crippen molar-refractivity contribution in [1.82, 2.24) is 20.3 Å². The summed E-state index contributed by atoms with van der Waals surface area (Å²) >= 11 is 5.71. The molecule has 0 bridgehead atoms. The highest BCUT2D eigenvalue weighted by atomic mass is 35.5. The van der Waals surface area contributed by atoms with Crippen LogP contribution >= 0.6 is 11.6 Å². The predicted molar refractivity (Wildman–Crippen MR) is 63.0 cm³/mol. The number of nitrogens with zero attached hydrogens (tertiary/aromatic N) is 3. The zero-order valence-corrected chi connectivity index (χ0v) is 10.4. The van der Waals surface area contributed by atoms with Crippen molar-refractivity contribution in [2.45, 2.75) is 6.92 Å². The summed E-state index contributed by atoms with van der Waals surface area (Å²) < 4.78 is 4.89. The summed E-state index contributed by atoms with van der Waals surface area (Å²) in [5, 5.41) is 6.29. The third kappa shape index (κ3) is 4.16. The van der Waals surface area contributed by atoms with Gasteiger partial charge in [0.1, 0.15) is 0 Å². The first-order valence-corrected chi connectivity index (χ1v) is 5.37. The van der Waals surface area contributed by atoms with Crippen LogP contribution in [0, 0.1) is 5.92 Å². The fourth-order valence-electron chi connectivity index (χ4n) is 1.19. The number of hydrogen-bond acceptors (Lipinski definition) is 6. The third-order valence-electron chi connectivity index (χ3n) is 1.93. The average Bonchev–Trinajstić information content (AvgIpc) is 2.26. The molecule has 1 atom stereocenters. The average molecular weight is 246 g/mol. The molecule has 1 aromatic heterocycles. The summed E-state index contributed by atoms with van der Waals surface area (Å²) in [4.78, 5) is 11.8. The smallest absolute Gasteiger partial charge is 0.322 e. The van der Waals surface area contributed by atoms with E-state index in [1.165, 1.54) is 7.11 Å². The van der Waals surface area contributed by atoms with E-state index >= 15 is 0 Å². The SMILES string of the molecule is CNCC(C)CNc1nc(Cl)nc(OC)n1. The largest absolute Gasteiger partial charge is 0.467 e. The van der Waals surface area contributed by atoms with Gasteiger partial charge in [0.15, 0.2) is 0 Å². The second-order valence-electron chi connectivity index (χ2n) is 3.46. The van der Waals surface area contributed by atoms with E-state index in [-0.39, 0.29) is 11.3 Å². The zero-order valence-electron chi connectivity index (χ0n) is 9.62. The molecule has 1 unspecified atom stereocenters. The minimum absolute atomic E-state index is 0.121. The maximum absolute atomic E-state index is 5.71. The topological polar surface area (TPSA) is 72.0 Å². The molecule has 0 saturated carbocycles. The van der Waals surface area contributed by atoms with E-state index < -0.39 is 0 Å². The van der Waals surface area contributed by atoms with Crippen LogP contribution in [0.3, 0.4) is 0 Å². The molecule has 1 aromatic rings. The Morgan fingerprint density at radius 2 is 2.06 bits per heavy atom. The van der Waals surface area contributed by atoms with Crippen LogP contribution < -0.4 is 15.4 Å². The quantitative estimate of drug-likeness (QED) is 0.773. The van der Waals surface area contributed by atoms with E-state index in [9.17, 15) is 0 Å². The number of aromatic nitrogens is 3. The molecular weight excluding hydrogens is 230 g/mol. The molecule has 0 amide bonds. The lowest BCUT2D eigenvalue weighted by Crippen LogP contribution is -2.23. The molecule has 0 aliphatic heterocycles. The zero-order chi connectivity index (χ0) is 12.0. The fourth-order valence-corrected chi connectivity index (χ4v) is 1.34. The Hall–Kier alpha value is -1.14. The summed E-state index contributed by atoms with van der Waals surface area (Å²) in [6.45, 7) is 3.79. The van der Waals surface area contributed by atoms with Gasteiger partial charge in [-0.2, -0.15) is 15.0 Å². The second kappa shape index (κ2) is 6.44. The second-order valence-corrected chi connectivity index (χ2v) is 3.80. The van der Waals surface area contributed by atoms with Crippen LogP contribution in [0.1, 0.15) is 6.92 Å². The number of ether oxygens (including phenoxy) is 1. The minimum atomic E-state index is 0.121. The van der Waals surface area contributed by atoms with Crippen molar-refractivity contribution >= 4 is 17.5 Å². The summed E-state index contributed by atoms with van der Waals surface area (Å²) in [5.74, 6) is 0.895. The number of rotatable bonds is 6. The molecule has 0 aliphatic carbocycles. The molecule has 1 rings (SSSR count). The summed E-state index contributed by atoms with van der Waals surface area (Å²) in [7, 11) is 3.40. The van der Waals surface area contributed by atoms with Crippen LogP contribution in [-0.4, -0.2) is 42.2 Å². The Labute approximate surface area is 99.8 Å². The van der Waals surface area contributed by atoms with Crippen LogP contribution in [0.25, 0.3) is 0 Å². The number of halogens is 1. The van der Waals surface area contributed by atoms with Crippen molar-refractivity contribution in [2.24, 2.45) is 5.92 Å². The van der Waals surface area contributed by atoms with Gasteiger partial charge >= 0.3 is 6.01 Å². The molecule has 0 aromatic carbocycles. The first kappa shape index (κ1) is 12.9. The van der Waals surface area contributed by atoms with Crippen molar-refractivity contribution < 1.29 is 4.74 Å². The summed E-state index contributed by atoms with van der Waals surface area (Å²) in [6, 6.07) is 0.212. The predicted octanol–water partition coefficient (Wildman–Crippen LogP) is 0.801. The van der Waals surface area contributed by atoms with Crippen molar-refractivity contribution in [1.29, 1.82) is 0 Å². The highest BCUT2D eigenvalue weighted by Gasteiger charge is 2.06. The number of methoxy groups -OCH3 is 1. The normalized spacial score (nSPS) is 12.2. The van der Waals surface area contributed by atoms with Crippen LogP contribution in [0.4, 0.5) is 5.95 Å². The van der Waals surface area contributed by atoms with E-state index in [1.807, 2.05) is 7.05 Å². The van der Waals surface area contributed by atoms with Gasteiger partial charge in [0.2, 0.25) is 11.2 Å². The van der Waals surface area contributed by atoms with Crippen LogP contribution in [-0.2, 0) is 0 Å². The molecule has 0 fully saturated rings. The maximum atomic E-state index is 5.71. The fraction of sp³-hybridized carbons (Fsp3) is 0.667. The highest BCUT2D eigenvalue weighted by molar-refractivity contribution is 6.28. The molecule has 2 N–H and O–H groups in total. The Morgan fingerprint density at radius 1 is 1.31 bits per heavy atom. The van der Waals surface area contributed by atoms with Crippen molar-refractivity contribution in [3.63, 3.8) is 0 Å². The van der Waals surface area contributed by atoms with Crippen LogP contribution in [0.15, 0.2) is 0 Å². The van der Waals surface area contributed by atoms with Gasteiger partial charge in [-0.1, -0.05) is 6.92 Å². The number of anilines is 1. The van der Waals surface area contributed by atoms with Gasteiger partial charge in [-0.05, 0) is 31.1 Å². The Balaban J connectivity index is 2.56. The maximum Gasteiger partial charge on any atom is 0.322 e. The standard InChI is InChI=1S/C9H16ClN5O/c1-6(4-11-2)5-12-8-13-7(10)14-9(15-8)16-3/h6,11H,4-5H2,1-3H3,(H,12,13,14,15). The summed E-state index contributed by atoms with van der Waals surface area (Å²) in [5.41, 5.74) is 0. The molecular formula is C9H16ClN5O. The van der Waals surface area contributed by atoms with E-state index in [2.05, 4.69) is 32.5 Å². The van der Waals surface area contributed by atoms with Gasteiger partial charge < -0.3 is 15.4 Å². The number of nitrogens with one attached hydrogen (secondary N) is 2. The van der Waals surface area contributed by atoms with Crippen molar-refractivity contribution in [3.8, 4) is 6.01 Å². The van der Waals surface area contributed by atoms with E-state index in [4.69, 9.17) is 16.3 Å². The third-order valence-corrected chi connectivity index (χ3v) is 2.10. The van der Waals surface area contributed by atoms with Crippen molar-refractivity contribution in [2.75, 3.05) is 32.6 Å². The molecule has 7 heteroatoms. The van der Waals surface area contributed by atoms with E-state index in [1.54, 1.807) is 0 Å². The summed E-state index contributed by atoms with van der Waals surface area (Å²) in [6.07, 6.45) is 0. The van der Waals surface area contributed by atoms with Gasteiger partial charge in [0.05, 0.1) is 7.11 Å². The van der Waals surface area contributed by atoms with Gasteiger partial charge in [-0.15, -0.1) is 0 Å². The van der Waals surface area contributed by atoms with Gasteiger partial charge in [0, 0.05) is 6.54 Å². The lowest BCUT2D eigenvalue weighted by Gasteiger charge is -2.11. The molecule has 0 saturated heterocycles. The Morgan fingerprint density at radius 3 is 2.69 bits per heavy atom. The molecule has 0 aliphatic rings. The molecule has 0 radical (unpaired) electrons. The Kier molecular flexibility index (Phi) is 5.21. The van der Waals surface area contributed by atoms with Crippen LogP contribution in [0.2, 0.25) is 5.28 Å². The van der Waals surface area contributed by atoms with Gasteiger partial charge in [-0.25, -0.2) is 0 Å². The van der Waals surface area contributed by atoms with Crippen LogP contribution in [0.5, 0.6) is 6.01 Å². The molecule has 90 valence electrons. The monoisotopic (exact) mass is 245 g/mol. The van der Waals surface area contributed by atoms with Gasteiger partial charge in [-0.3, -0.25) is 0 Å². The molecule has 1 heterocycles. The van der Waals surface area contributed by atoms with E-state index in [0.29, 0.717) is 11.9 Å². The van der Waals surface area contributed by atoms with E-state index in [0.717, 1.165) is 13.1 Å².